The van der Waals surface area contributed by atoms with Crippen LogP contribution in [0.15, 0.2) is 47.5 Å². The minimum atomic E-state index is 0.0851. The summed E-state index contributed by atoms with van der Waals surface area (Å²) in [5.74, 6) is 0.962. The molecule has 5 nitrogen and oxygen atoms in total. The first-order valence-electron chi connectivity index (χ1n) is 11.9. The van der Waals surface area contributed by atoms with Crippen molar-refractivity contribution in [3.05, 3.63) is 63.6 Å². The maximum atomic E-state index is 13.0. The summed E-state index contributed by atoms with van der Waals surface area (Å²) in [5, 5.41) is 1.12. The molecule has 0 aromatic heterocycles. The van der Waals surface area contributed by atoms with Gasteiger partial charge in [0.15, 0.2) is 0 Å². The first-order valence-corrected chi connectivity index (χ1v) is 12.6. The van der Waals surface area contributed by atoms with Gasteiger partial charge in [0.05, 0.1) is 5.69 Å². The van der Waals surface area contributed by atoms with Crippen molar-refractivity contribution in [1.29, 1.82) is 0 Å². The van der Waals surface area contributed by atoms with Crippen LogP contribution < -0.4 is 0 Å². The molecular weight excluding hydrogens is 455 g/mol. The van der Waals surface area contributed by atoms with Gasteiger partial charge in [0.1, 0.15) is 5.84 Å². The van der Waals surface area contributed by atoms with E-state index < -0.39 is 0 Å². The lowest BCUT2D eigenvalue weighted by Crippen LogP contribution is -2.48. The molecule has 0 aliphatic carbocycles. The summed E-state index contributed by atoms with van der Waals surface area (Å²) in [4.78, 5) is 24.6. The molecule has 0 N–H and O–H groups in total. The highest BCUT2D eigenvalue weighted by Gasteiger charge is 2.21. The number of benzene rings is 2. The Balaban J connectivity index is 1.92. The monoisotopic (exact) mass is 488 g/mol. The molecule has 178 valence electrons. The smallest absolute Gasteiger partial charge is 0.253 e. The lowest BCUT2D eigenvalue weighted by molar-refractivity contribution is 0.0755. The van der Waals surface area contributed by atoms with Crippen molar-refractivity contribution in [2.45, 2.75) is 33.6 Å². The summed E-state index contributed by atoms with van der Waals surface area (Å²) >= 11 is 12.4. The van der Waals surface area contributed by atoms with Gasteiger partial charge < -0.3 is 14.7 Å². The number of hydrogen-bond acceptors (Lipinski definition) is 3. The van der Waals surface area contributed by atoms with Crippen LogP contribution in [0.5, 0.6) is 0 Å². The van der Waals surface area contributed by atoms with Crippen molar-refractivity contribution in [3.63, 3.8) is 0 Å². The number of carbonyl (C=O) groups excluding carboxylic acids is 1. The quantitative estimate of drug-likeness (QED) is 0.339. The highest BCUT2D eigenvalue weighted by Crippen LogP contribution is 2.26. The molecule has 1 fully saturated rings. The molecule has 1 aliphatic heterocycles. The molecule has 0 bridgehead atoms. The van der Waals surface area contributed by atoms with Gasteiger partial charge in [0.2, 0.25) is 0 Å². The van der Waals surface area contributed by atoms with Crippen LogP contribution >= 0.6 is 23.2 Å². The maximum Gasteiger partial charge on any atom is 0.253 e. The van der Waals surface area contributed by atoms with Crippen molar-refractivity contribution < 1.29 is 4.79 Å². The van der Waals surface area contributed by atoms with E-state index >= 15 is 0 Å². The van der Waals surface area contributed by atoms with Crippen LogP contribution in [0.1, 0.15) is 49.5 Å². The number of likely N-dealkylation sites (N-methyl/N-ethyl adjacent to an activating group) is 1. The summed E-state index contributed by atoms with van der Waals surface area (Å²) < 4.78 is 0. The minimum Gasteiger partial charge on any atom is -0.354 e. The van der Waals surface area contributed by atoms with Gasteiger partial charge in [-0.25, -0.2) is 4.99 Å². The van der Waals surface area contributed by atoms with Gasteiger partial charge in [0, 0.05) is 60.4 Å². The van der Waals surface area contributed by atoms with Gasteiger partial charge >= 0.3 is 0 Å². The zero-order valence-electron chi connectivity index (χ0n) is 19.9. The Labute approximate surface area is 208 Å². The molecule has 0 saturated carbocycles. The van der Waals surface area contributed by atoms with E-state index in [1.807, 2.05) is 41.3 Å². The third-order valence-electron chi connectivity index (χ3n) is 5.87. The number of carbonyl (C=O) groups is 1. The number of amides is 1. The second kappa shape index (κ2) is 12.4. The Hall–Kier alpha value is -2.08. The van der Waals surface area contributed by atoms with Gasteiger partial charge in [-0.15, -0.1) is 0 Å². The number of amidine groups is 1. The Morgan fingerprint density at radius 3 is 1.94 bits per heavy atom. The lowest BCUT2D eigenvalue weighted by atomic mass is 10.1. The molecule has 3 rings (SSSR count). The van der Waals surface area contributed by atoms with Gasteiger partial charge in [-0.05, 0) is 49.7 Å². The predicted molar refractivity (Wildman–Crippen MR) is 139 cm³/mol. The average molecular weight is 489 g/mol. The third-order valence-corrected chi connectivity index (χ3v) is 6.30. The molecule has 33 heavy (non-hydrogen) atoms. The number of nitrogens with zero attached hydrogens (tertiary/aromatic N) is 4. The summed E-state index contributed by atoms with van der Waals surface area (Å²) in [6, 6.07) is 13.2. The summed E-state index contributed by atoms with van der Waals surface area (Å²) in [5.41, 5.74) is 2.41. The van der Waals surface area contributed by atoms with E-state index in [9.17, 15) is 4.79 Å². The van der Waals surface area contributed by atoms with Gasteiger partial charge in [0.25, 0.3) is 5.91 Å². The Bertz CT molecular complexity index is 927. The minimum absolute atomic E-state index is 0.0851. The molecule has 2 aromatic rings. The molecule has 1 aliphatic rings. The standard InChI is InChI=1S/C26H34Cl2N4O/c1-4-11-32(12-5-2)26(33)21-9-7-20(8-10-21)25(31-15-13-30(6-3)14-16-31)29-24-18-22(27)17-23(28)19-24/h7-10,17-19H,4-6,11-16H2,1-3H3. The normalized spacial score (nSPS) is 15.1. The Kier molecular flexibility index (Phi) is 9.60. The van der Waals surface area contributed by atoms with Gasteiger partial charge in [-0.2, -0.15) is 0 Å². The predicted octanol–water partition coefficient (Wildman–Crippen LogP) is 5.97. The molecule has 1 saturated heterocycles. The fourth-order valence-electron chi connectivity index (χ4n) is 4.12. The Morgan fingerprint density at radius 2 is 1.42 bits per heavy atom. The number of hydrogen-bond donors (Lipinski definition) is 0. The van der Waals surface area contributed by atoms with Gasteiger partial charge in [-0.3, -0.25) is 4.79 Å². The highest BCUT2D eigenvalue weighted by atomic mass is 35.5. The summed E-state index contributed by atoms with van der Waals surface area (Å²) in [7, 11) is 0. The summed E-state index contributed by atoms with van der Waals surface area (Å²) in [6.45, 7) is 12.8. The van der Waals surface area contributed by atoms with Crippen LogP contribution in [0.4, 0.5) is 5.69 Å². The van der Waals surface area contributed by atoms with Crippen molar-refractivity contribution in [2.75, 3.05) is 45.8 Å². The second-order valence-corrected chi connectivity index (χ2v) is 9.23. The molecule has 0 atom stereocenters. The first kappa shape index (κ1) is 25.5. The fraction of sp³-hybridized carbons (Fsp3) is 0.462. The van der Waals surface area contributed by atoms with Crippen LogP contribution in [-0.2, 0) is 0 Å². The zero-order chi connectivity index (χ0) is 23.8. The third kappa shape index (κ3) is 6.95. The van der Waals surface area contributed by atoms with Crippen molar-refractivity contribution in [1.82, 2.24) is 14.7 Å². The van der Waals surface area contributed by atoms with Crippen LogP contribution in [0.2, 0.25) is 10.0 Å². The second-order valence-electron chi connectivity index (χ2n) is 8.35. The van der Waals surface area contributed by atoms with E-state index in [0.29, 0.717) is 15.6 Å². The summed E-state index contributed by atoms with van der Waals surface area (Å²) in [6.07, 6.45) is 1.90. The van der Waals surface area contributed by atoms with E-state index in [1.165, 1.54) is 0 Å². The Morgan fingerprint density at radius 1 is 0.879 bits per heavy atom. The first-order chi connectivity index (χ1) is 15.9. The van der Waals surface area contributed by atoms with Crippen LogP contribution in [0.3, 0.4) is 0 Å². The van der Waals surface area contributed by atoms with E-state index in [4.69, 9.17) is 28.2 Å². The number of piperazine rings is 1. The molecule has 0 spiro atoms. The van der Waals surface area contributed by atoms with Crippen molar-refractivity contribution >= 4 is 40.6 Å². The SMILES string of the molecule is CCCN(CCC)C(=O)c1ccc(C(=Nc2cc(Cl)cc(Cl)c2)N2CCN(CC)CC2)cc1. The van der Waals surface area contributed by atoms with Crippen molar-refractivity contribution in [3.8, 4) is 0 Å². The molecule has 2 aromatic carbocycles. The molecule has 1 heterocycles. The van der Waals surface area contributed by atoms with E-state index in [-0.39, 0.29) is 5.91 Å². The van der Waals surface area contributed by atoms with E-state index in [2.05, 4.69) is 30.6 Å². The molecule has 7 heteroatoms. The highest BCUT2D eigenvalue weighted by molar-refractivity contribution is 6.35. The van der Waals surface area contributed by atoms with Crippen LogP contribution in [0.25, 0.3) is 0 Å². The average Bonchev–Trinajstić information content (AvgIpc) is 2.82. The largest absolute Gasteiger partial charge is 0.354 e. The number of rotatable bonds is 8. The topological polar surface area (TPSA) is 39.2 Å². The number of halogens is 2. The van der Waals surface area contributed by atoms with E-state index in [1.54, 1.807) is 6.07 Å². The molecule has 0 radical (unpaired) electrons. The van der Waals surface area contributed by atoms with Crippen molar-refractivity contribution in [2.24, 2.45) is 4.99 Å². The maximum absolute atomic E-state index is 13.0. The van der Waals surface area contributed by atoms with Gasteiger partial charge in [-0.1, -0.05) is 56.1 Å². The molecular formula is C26H34Cl2N4O. The van der Waals surface area contributed by atoms with Crippen LogP contribution in [-0.4, -0.2) is 72.3 Å². The number of aliphatic imine (C=N–C) groups is 1. The zero-order valence-corrected chi connectivity index (χ0v) is 21.4. The van der Waals surface area contributed by atoms with Crippen LogP contribution in [0, 0.1) is 0 Å². The lowest BCUT2D eigenvalue weighted by Gasteiger charge is -2.36. The molecule has 1 amide bonds. The fourth-order valence-corrected chi connectivity index (χ4v) is 4.63. The molecule has 0 unspecified atom stereocenters. The van der Waals surface area contributed by atoms with E-state index in [0.717, 1.165) is 75.7 Å².